The van der Waals surface area contributed by atoms with E-state index in [0.29, 0.717) is 5.57 Å². The zero-order chi connectivity index (χ0) is 8.97. The van der Waals surface area contributed by atoms with Gasteiger partial charge in [-0.2, -0.15) is 0 Å². The lowest BCUT2D eigenvalue weighted by Crippen LogP contribution is -1.90. The van der Waals surface area contributed by atoms with Crippen molar-refractivity contribution in [2.75, 3.05) is 0 Å². The van der Waals surface area contributed by atoms with E-state index in [2.05, 4.69) is 6.08 Å². The van der Waals surface area contributed by atoms with Crippen molar-refractivity contribution in [1.82, 2.24) is 0 Å². The molecule has 0 fully saturated rings. The Morgan fingerprint density at radius 2 is 2.64 bits per heavy atom. The summed E-state index contributed by atoms with van der Waals surface area (Å²) in [6.45, 7) is 1.60. The first-order valence-corrected chi connectivity index (χ1v) is 3.61. The molecule has 1 rings (SSSR count). The summed E-state index contributed by atoms with van der Waals surface area (Å²) in [7, 11) is 0. The number of hydrogen-bond donors (Lipinski definition) is 0. The molecule has 0 radical (unpaired) electrons. The highest BCUT2D eigenvalue weighted by atomic mass is 16.1. The number of rotatable bonds is 2. The normalized spacial score (nSPS) is 18.1. The lowest BCUT2D eigenvalue weighted by molar-refractivity contribution is -0.113. The second kappa shape index (κ2) is 3.33. The predicted molar refractivity (Wildman–Crippen MR) is 46.3 cm³/mol. The molecule has 0 spiro atoms. The van der Waals surface area contributed by atoms with E-state index in [4.69, 9.17) is 1.37 Å². The van der Waals surface area contributed by atoms with Crippen molar-refractivity contribution < 1.29 is 6.17 Å². The van der Waals surface area contributed by atoms with Gasteiger partial charge in [0.15, 0.2) is 5.78 Å². The monoisotopic (exact) mass is 150 g/mol. The van der Waals surface area contributed by atoms with Crippen LogP contribution in [0, 0.1) is 0 Å². The summed E-state index contributed by atoms with van der Waals surface area (Å²) in [6, 6.07) is 0. The zero-order valence-corrected chi connectivity index (χ0v) is 6.63. The molecular weight excluding hydrogens is 136 g/mol. The smallest absolute Gasteiger partial charge is 0.155 e. The van der Waals surface area contributed by atoms with E-state index < -0.39 is 0 Å². The van der Waals surface area contributed by atoms with E-state index >= 15 is 0 Å². The second-order valence-electron chi connectivity index (χ2n) is 2.59. The summed E-state index contributed by atoms with van der Waals surface area (Å²) < 4.78 is 6.89. The van der Waals surface area contributed by atoms with Crippen LogP contribution in [0.15, 0.2) is 35.5 Å². The molecule has 0 bridgehead atoms. The molecule has 0 aromatic carbocycles. The molecule has 0 aliphatic heterocycles. The molecule has 0 aromatic heterocycles. The van der Waals surface area contributed by atoms with Gasteiger partial charge in [-0.05, 0) is 37.5 Å². The molecule has 58 valence electrons. The highest BCUT2D eigenvalue weighted by molar-refractivity contribution is 5.93. The first-order valence-electron chi connectivity index (χ1n) is 4.32. The Bertz CT molecular complexity index is 272. The van der Waals surface area contributed by atoms with Crippen molar-refractivity contribution in [2.45, 2.75) is 20.2 Å². The third-order valence-electron chi connectivity index (χ3n) is 1.62. The number of Topliss-reactive ketones (excluding diaryl/α,β-unsaturated/α-hetero) is 1. The van der Waals surface area contributed by atoms with Gasteiger partial charge >= 0.3 is 0 Å². The minimum Gasteiger partial charge on any atom is -0.295 e. The number of carbonyl (C=O) groups is 1. The average molecular weight is 150 g/mol. The van der Waals surface area contributed by atoms with Gasteiger partial charge in [-0.3, -0.25) is 4.79 Å². The molecule has 0 aromatic rings. The number of ketones is 1. The zero-order valence-electron chi connectivity index (χ0n) is 7.63. The van der Waals surface area contributed by atoms with E-state index in [1.54, 1.807) is 6.92 Å². The Balaban J connectivity index is 2.67. The van der Waals surface area contributed by atoms with Gasteiger partial charge in [-0.15, -0.1) is 0 Å². The Morgan fingerprint density at radius 3 is 3.18 bits per heavy atom. The Morgan fingerprint density at radius 1 is 1.82 bits per heavy atom. The molecule has 1 aliphatic rings. The van der Waals surface area contributed by atoms with Crippen LogP contribution in [-0.2, 0) is 4.79 Å². The van der Waals surface area contributed by atoms with Crippen LogP contribution in [-0.4, -0.2) is 5.78 Å². The van der Waals surface area contributed by atoms with Crippen molar-refractivity contribution in [3.05, 3.63) is 35.5 Å². The van der Waals surface area contributed by atoms with Gasteiger partial charge in [0.05, 0.1) is 0 Å². The number of carbonyl (C=O) groups excluding carboxylic acids is 1. The Hall–Kier alpha value is -1.11. The van der Waals surface area contributed by atoms with Crippen LogP contribution in [0.5, 0.6) is 0 Å². The lowest BCUT2D eigenvalue weighted by atomic mass is 10.1. The second-order valence-corrected chi connectivity index (χ2v) is 2.59. The van der Waals surface area contributed by atoms with Gasteiger partial charge < -0.3 is 0 Å². The Kier molecular flexibility index (Phi) is 2.00. The third kappa shape index (κ3) is 2.19. The van der Waals surface area contributed by atoms with E-state index in [9.17, 15) is 4.79 Å². The maximum Gasteiger partial charge on any atom is 0.155 e. The summed E-state index contributed by atoms with van der Waals surface area (Å²) in [6.07, 6.45) is 8.88. The molecule has 0 atom stereocenters. The molecule has 11 heavy (non-hydrogen) atoms. The van der Waals surface area contributed by atoms with Gasteiger partial charge in [-0.1, -0.05) is 18.2 Å². The molecular formula is C10H12O. The van der Waals surface area contributed by atoms with Crippen LogP contribution in [0.4, 0.5) is 0 Å². The minimum atomic E-state index is -0.153. The minimum absolute atomic E-state index is 0.101. The first kappa shape index (κ1) is 6.59. The highest BCUT2D eigenvalue weighted by Gasteiger charge is 1.98. The predicted octanol–water partition coefficient (Wildman–Crippen LogP) is 2.41. The SMILES string of the molecule is [3H]CC(=O)/C(C)=C/C1=CCC=C1. The summed E-state index contributed by atoms with van der Waals surface area (Å²) in [5.74, 6) is -0.101. The third-order valence-corrected chi connectivity index (χ3v) is 1.62. The van der Waals surface area contributed by atoms with Crippen molar-refractivity contribution >= 4 is 5.78 Å². The first-order chi connectivity index (χ1) is 5.74. The van der Waals surface area contributed by atoms with Crippen molar-refractivity contribution in [3.63, 3.8) is 0 Å². The summed E-state index contributed by atoms with van der Waals surface area (Å²) in [4.78, 5) is 11.0. The van der Waals surface area contributed by atoms with Crippen LogP contribution >= 0.6 is 0 Å². The molecule has 1 heteroatoms. The molecule has 1 aliphatic carbocycles. The average Bonchev–Trinajstić information content (AvgIpc) is 2.55. The van der Waals surface area contributed by atoms with E-state index in [-0.39, 0.29) is 12.7 Å². The van der Waals surface area contributed by atoms with Crippen LogP contribution < -0.4 is 0 Å². The molecule has 1 nitrogen and oxygen atoms in total. The Labute approximate surface area is 68.5 Å². The summed E-state index contributed by atoms with van der Waals surface area (Å²) in [5, 5.41) is 0. The van der Waals surface area contributed by atoms with Crippen molar-refractivity contribution in [1.29, 1.82) is 0 Å². The van der Waals surface area contributed by atoms with Gasteiger partial charge in [0.25, 0.3) is 0 Å². The molecule has 0 N–H and O–H groups in total. The molecule has 0 unspecified atom stereocenters. The van der Waals surface area contributed by atoms with Gasteiger partial charge in [0.1, 0.15) is 0 Å². The largest absolute Gasteiger partial charge is 0.295 e. The number of allylic oxidation sites excluding steroid dienone is 6. The van der Waals surface area contributed by atoms with E-state index in [1.807, 2.05) is 18.2 Å². The fourth-order valence-electron chi connectivity index (χ4n) is 0.914. The van der Waals surface area contributed by atoms with Gasteiger partial charge in [0.2, 0.25) is 0 Å². The van der Waals surface area contributed by atoms with Crippen LogP contribution in [0.1, 0.15) is 21.6 Å². The maximum atomic E-state index is 11.0. The van der Waals surface area contributed by atoms with Crippen LogP contribution in [0.3, 0.4) is 0 Å². The highest BCUT2D eigenvalue weighted by Crippen LogP contribution is 2.12. The quantitative estimate of drug-likeness (QED) is 0.552. The van der Waals surface area contributed by atoms with Crippen LogP contribution in [0.2, 0.25) is 0 Å². The molecule has 0 heterocycles. The number of hydrogen-bond acceptors (Lipinski definition) is 1. The summed E-state index contributed by atoms with van der Waals surface area (Å²) >= 11 is 0. The van der Waals surface area contributed by atoms with E-state index in [1.165, 1.54) is 0 Å². The molecule has 0 amide bonds. The molecule has 0 saturated heterocycles. The maximum absolute atomic E-state index is 11.0. The standard InChI is InChI=1S/C10H12O/c1-8(9(2)11)7-10-5-3-4-6-10/h3,5-7H,4H2,1-2H3/b8-7+/i2T. The van der Waals surface area contributed by atoms with Crippen molar-refractivity contribution in [3.8, 4) is 0 Å². The lowest BCUT2D eigenvalue weighted by Gasteiger charge is -1.92. The fourth-order valence-corrected chi connectivity index (χ4v) is 0.914. The topological polar surface area (TPSA) is 17.1 Å². The van der Waals surface area contributed by atoms with Crippen LogP contribution in [0.25, 0.3) is 0 Å². The molecule has 0 saturated carbocycles. The van der Waals surface area contributed by atoms with Gasteiger partial charge in [-0.25, -0.2) is 0 Å². The summed E-state index contributed by atoms with van der Waals surface area (Å²) in [5.41, 5.74) is 1.75. The van der Waals surface area contributed by atoms with E-state index in [0.717, 1.165) is 12.0 Å². The fraction of sp³-hybridized carbons (Fsp3) is 0.300. The van der Waals surface area contributed by atoms with Gasteiger partial charge in [0, 0.05) is 1.37 Å². The van der Waals surface area contributed by atoms with Crippen molar-refractivity contribution in [2.24, 2.45) is 0 Å².